The Hall–Kier alpha value is -3.89. The number of thioether (sulfide) groups is 2. The van der Waals surface area contributed by atoms with Crippen molar-refractivity contribution in [3.63, 3.8) is 0 Å². The number of phenols is 1. The summed E-state index contributed by atoms with van der Waals surface area (Å²) in [5.74, 6) is -5.64. The molecule has 0 aliphatic carbocycles. The van der Waals surface area contributed by atoms with Crippen LogP contribution in [-0.2, 0) is 24.0 Å². The summed E-state index contributed by atoms with van der Waals surface area (Å²) in [6.45, 7) is 1.80. The monoisotopic (exact) mass is 742 g/mol. The summed E-state index contributed by atoms with van der Waals surface area (Å²) in [6, 6.07) is 0.870. The van der Waals surface area contributed by atoms with Gasteiger partial charge in [0.2, 0.25) is 11.6 Å². The molecule has 3 atom stereocenters. The molecule has 254 valence electrons. The first-order valence-corrected chi connectivity index (χ1v) is 16.9. The number of β-lactam (4-membered cyclic amide) rings is 1. The number of methoxy groups -OCH3 is 1. The van der Waals surface area contributed by atoms with Gasteiger partial charge in [-0.2, -0.15) is 0 Å². The molecule has 0 bridgehead atoms. The van der Waals surface area contributed by atoms with E-state index in [1.807, 2.05) is 0 Å². The Morgan fingerprint density at radius 2 is 2.02 bits per heavy atom. The predicted molar refractivity (Wildman–Crippen MR) is 168 cm³/mol. The third-order valence-electron chi connectivity index (χ3n) is 7.61. The number of carboxylic acids is 1. The number of hydrogen-bond donors (Lipinski definition) is 4. The summed E-state index contributed by atoms with van der Waals surface area (Å²) < 4.78 is 5.72. The molecule has 0 radical (unpaired) electrons. The first kappa shape index (κ1) is 37.9. The maximum atomic E-state index is 14.0. The minimum atomic E-state index is -2.26. The van der Waals surface area contributed by atoms with Gasteiger partial charge in [0.05, 0.1) is 7.11 Å². The van der Waals surface area contributed by atoms with Crippen LogP contribution < -0.4 is 50.0 Å². The molecule has 6 amide bonds. The molecule has 18 nitrogen and oxygen atoms in total. The number of fused-ring (bicyclic) bond motifs is 1. The van der Waals surface area contributed by atoms with Gasteiger partial charge in [0, 0.05) is 31.1 Å². The second kappa shape index (κ2) is 15.8. The van der Waals surface area contributed by atoms with Gasteiger partial charge >= 0.3 is 53.4 Å². The van der Waals surface area contributed by atoms with E-state index in [4.69, 9.17) is 4.74 Å². The van der Waals surface area contributed by atoms with Crippen molar-refractivity contribution < 1.29 is 78.4 Å². The molecule has 2 saturated heterocycles. The van der Waals surface area contributed by atoms with E-state index in [9.17, 15) is 44.1 Å². The van der Waals surface area contributed by atoms with Crippen LogP contribution in [-0.4, -0.2) is 126 Å². The van der Waals surface area contributed by atoms with Crippen LogP contribution in [0.1, 0.15) is 18.5 Å². The molecule has 3 aliphatic heterocycles. The Bertz CT molecular complexity index is 1730. The number of phenolic OH excluding ortho intramolecular Hbond substituents is 1. The van der Waals surface area contributed by atoms with Crippen molar-refractivity contribution in [2.75, 3.05) is 38.2 Å². The van der Waals surface area contributed by atoms with E-state index < -0.39 is 52.7 Å². The fourth-order valence-corrected chi connectivity index (χ4v) is 8.28. The van der Waals surface area contributed by atoms with Gasteiger partial charge in [-0.05, 0) is 30.2 Å². The Kier molecular flexibility index (Phi) is 12.2. The number of benzene rings is 1. The average Bonchev–Trinajstić information content (AvgIpc) is 3.60. The zero-order valence-corrected chi connectivity index (χ0v) is 30.6. The Balaban J connectivity index is 0.00000541. The summed E-state index contributed by atoms with van der Waals surface area (Å²) in [6.07, 6.45) is 0.0513. The Morgan fingerprint density at radius 1 is 1.27 bits per heavy atom. The van der Waals surface area contributed by atoms with Crippen molar-refractivity contribution in [3.8, 4) is 11.5 Å². The second-order valence-corrected chi connectivity index (χ2v) is 13.4. The van der Waals surface area contributed by atoms with Gasteiger partial charge < -0.3 is 35.6 Å². The number of carboxylic acid groups (broad SMARTS) is 1. The first-order chi connectivity index (χ1) is 23.0. The molecule has 2 aromatic rings. The van der Waals surface area contributed by atoms with Crippen LogP contribution in [0, 0.1) is 0 Å². The summed E-state index contributed by atoms with van der Waals surface area (Å²) >= 11 is 3.55. The molecule has 4 N–H and O–H groups in total. The molecule has 1 unspecified atom stereocenters. The normalized spacial score (nSPS) is 21.1. The molecule has 22 heteroatoms. The third-order valence-corrected chi connectivity index (χ3v) is 10.9. The maximum Gasteiger partial charge on any atom is 1.00 e. The number of piperazine rings is 1. The molecule has 0 saturated carbocycles. The second-order valence-electron chi connectivity index (χ2n) is 10.2. The molecular formula is C27H27N8NaO10S3. The van der Waals surface area contributed by atoms with E-state index in [2.05, 4.69) is 25.8 Å². The van der Waals surface area contributed by atoms with Crippen LogP contribution >= 0.6 is 34.9 Å². The standard InChI is InChI=1S/C27H28N8O10S3.Na/c1-3-33-6-7-34(21(40)20(33)39)25(44)30-17(13-4-5-15(37)16(8-13)45-2)19(38)31-27(28-11-36)23(43)35-18(22(41)42)14(9-46-24(27)35)10-47-26-32-29-12-48-26;/h4-5,8,11-12,17,24,37H,3,6-7,9-10H2,1-2H3,(H,28,36)(H,30,44)(H,31,38)(H,41,42);/q;+1/p-1/t17?,24-,27-;/m1./s1. The summed E-state index contributed by atoms with van der Waals surface area (Å²) in [5, 5.41) is 43.3. The van der Waals surface area contributed by atoms with Gasteiger partial charge in [0.1, 0.15) is 22.6 Å². The van der Waals surface area contributed by atoms with Gasteiger partial charge in [-0.15, -0.1) is 22.0 Å². The van der Waals surface area contributed by atoms with Crippen LogP contribution in [0.3, 0.4) is 0 Å². The summed E-state index contributed by atoms with van der Waals surface area (Å²) in [5.41, 5.74) is -0.651. The number of carbonyl (C=O) groups excluding carboxylic acids is 5. The number of aromatic hydroxyl groups is 1. The third kappa shape index (κ3) is 7.22. The SMILES string of the molecule is CCN1CCN(C(=O)NC(C(=O)N[C@]2(N=C[O-])C(=O)N3C(C(=O)O)=C(CSc4nncs4)CS[C@@H]32)c2ccc(O)c(OC)c2)C(=O)C1=O.[Na+]. The van der Waals surface area contributed by atoms with Gasteiger partial charge in [0.25, 0.3) is 5.91 Å². The largest absolute Gasteiger partial charge is 1.00 e. The number of aliphatic carboxylic acids is 1. The number of ether oxygens (including phenoxy) is 1. The van der Waals surface area contributed by atoms with E-state index in [0.29, 0.717) is 14.8 Å². The van der Waals surface area contributed by atoms with Crippen molar-refractivity contribution in [2.45, 2.75) is 28.3 Å². The van der Waals surface area contributed by atoms with Gasteiger partial charge in [-0.3, -0.25) is 34.0 Å². The zero-order chi connectivity index (χ0) is 34.7. The average molecular weight is 743 g/mol. The van der Waals surface area contributed by atoms with Crippen molar-refractivity contribution >= 4 is 76.9 Å². The van der Waals surface area contributed by atoms with Crippen molar-refractivity contribution in [3.05, 3.63) is 40.5 Å². The molecule has 3 aliphatic rings. The van der Waals surface area contributed by atoms with Crippen molar-refractivity contribution in [1.29, 1.82) is 0 Å². The van der Waals surface area contributed by atoms with Gasteiger partial charge in [-0.25, -0.2) is 9.59 Å². The van der Waals surface area contributed by atoms with Crippen LogP contribution in [0.4, 0.5) is 4.79 Å². The Morgan fingerprint density at radius 3 is 2.65 bits per heavy atom. The fraction of sp³-hybridized carbons (Fsp3) is 0.370. The molecule has 4 heterocycles. The van der Waals surface area contributed by atoms with Crippen molar-refractivity contribution in [2.24, 2.45) is 4.99 Å². The molecule has 0 spiro atoms. The number of aromatic nitrogens is 2. The van der Waals surface area contributed by atoms with E-state index >= 15 is 0 Å². The number of rotatable bonds is 11. The molecule has 5 rings (SSSR count). The number of hydrogen-bond acceptors (Lipinski definition) is 15. The van der Waals surface area contributed by atoms with E-state index in [1.165, 1.54) is 58.8 Å². The first-order valence-electron chi connectivity index (χ1n) is 14.0. The maximum absolute atomic E-state index is 14.0. The van der Waals surface area contributed by atoms with E-state index in [1.54, 1.807) is 6.92 Å². The van der Waals surface area contributed by atoms with Crippen molar-refractivity contribution in [1.82, 2.24) is 35.5 Å². The molecule has 1 aromatic carbocycles. The van der Waals surface area contributed by atoms with Crippen LogP contribution in [0.15, 0.2) is 44.3 Å². The number of amides is 6. The number of aliphatic imine (C=N–C) groups is 1. The number of urea groups is 1. The number of carbonyl (C=O) groups is 6. The van der Waals surface area contributed by atoms with E-state index in [0.717, 1.165) is 16.7 Å². The number of likely N-dealkylation sites (N-methyl/N-ethyl adjacent to an activating group) is 1. The summed E-state index contributed by atoms with van der Waals surface area (Å²) in [4.78, 5) is 85.2. The van der Waals surface area contributed by atoms with E-state index in [-0.39, 0.29) is 89.9 Å². The van der Waals surface area contributed by atoms with Crippen LogP contribution in [0.2, 0.25) is 0 Å². The topological polar surface area (TPSA) is 247 Å². The predicted octanol–water partition coefficient (Wildman–Crippen LogP) is -4.06. The number of imide groups is 1. The molecular weight excluding hydrogens is 716 g/mol. The van der Waals surface area contributed by atoms with Crippen LogP contribution in [0.5, 0.6) is 11.5 Å². The van der Waals surface area contributed by atoms with Gasteiger partial charge in [0.15, 0.2) is 15.8 Å². The molecule has 1 aromatic heterocycles. The Labute approximate surface area is 312 Å². The minimum absolute atomic E-state index is 0. The fourth-order valence-electron chi connectivity index (χ4n) is 5.24. The smallest absolute Gasteiger partial charge is 0.864 e. The van der Waals surface area contributed by atoms with Crippen LogP contribution in [0.25, 0.3) is 0 Å². The number of nitrogens with one attached hydrogen (secondary N) is 2. The summed E-state index contributed by atoms with van der Waals surface area (Å²) in [7, 11) is 1.25. The van der Waals surface area contributed by atoms with Gasteiger partial charge in [-0.1, -0.05) is 35.6 Å². The zero-order valence-electron chi connectivity index (χ0n) is 26.1. The molecule has 2 fully saturated rings. The molecule has 49 heavy (non-hydrogen) atoms. The minimum Gasteiger partial charge on any atom is -0.864 e. The number of nitrogens with zero attached hydrogens (tertiary/aromatic N) is 6. The quantitative estimate of drug-likeness (QED) is 0.0428.